The number of alkyl halides is 12. The third kappa shape index (κ3) is 5.44. The molecule has 2 aromatic carbocycles. The Bertz CT molecular complexity index is 1490. The molecule has 0 aliphatic heterocycles. The first kappa shape index (κ1) is 37.1. The molecule has 0 atom stereocenters. The third-order valence-electron chi connectivity index (χ3n) is 4.97. The second kappa shape index (κ2) is 10.9. The Morgan fingerprint density at radius 1 is 0.600 bits per heavy atom. The van der Waals surface area contributed by atoms with Gasteiger partial charge in [-0.25, -0.2) is 16.8 Å². The maximum absolute atomic E-state index is 14.7. The van der Waals surface area contributed by atoms with Gasteiger partial charge in [-0.1, -0.05) is 23.2 Å². The van der Waals surface area contributed by atoms with E-state index in [1.807, 2.05) is 0 Å². The minimum absolute atomic E-state index is 0. The number of halogens is 14. The molecule has 5 nitrogen and oxygen atoms in total. The van der Waals surface area contributed by atoms with Crippen LogP contribution >= 0.6 is 23.2 Å². The van der Waals surface area contributed by atoms with Gasteiger partial charge in [0.15, 0.2) is 10.1 Å². The predicted octanol–water partition coefficient (Wildman–Crippen LogP) is 3.60. The fourth-order valence-electron chi connectivity index (χ4n) is 2.76. The Morgan fingerprint density at radius 3 is 1.43 bits per heavy atom. The Balaban J connectivity index is 0.00000800. The molecule has 0 heterocycles. The maximum Gasteiger partial charge on any atom is 1.00 e. The van der Waals surface area contributed by atoms with Crippen LogP contribution in [-0.4, -0.2) is 50.3 Å². The molecule has 2 aromatic rings. The van der Waals surface area contributed by atoms with E-state index >= 15 is 0 Å². The van der Waals surface area contributed by atoms with E-state index in [1.54, 1.807) is 0 Å². The van der Waals surface area contributed by atoms with Crippen LogP contribution in [0.25, 0.3) is 0 Å². The van der Waals surface area contributed by atoms with E-state index in [1.165, 1.54) is 0 Å². The van der Waals surface area contributed by atoms with Gasteiger partial charge < -0.3 is 4.55 Å². The molecule has 0 fully saturated rings. The predicted molar refractivity (Wildman–Crippen MR) is 107 cm³/mol. The van der Waals surface area contributed by atoms with E-state index in [0.29, 0.717) is 6.07 Å². The molecule has 2 rings (SSSR count). The van der Waals surface area contributed by atoms with Gasteiger partial charge in [0.2, 0.25) is 9.84 Å². The van der Waals surface area contributed by atoms with Gasteiger partial charge in [-0.3, -0.25) is 0 Å². The fourth-order valence-corrected chi connectivity index (χ4v) is 4.85. The summed E-state index contributed by atoms with van der Waals surface area (Å²) in [5, 5.41) is -9.47. The van der Waals surface area contributed by atoms with E-state index in [0.717, 1.165) is 24.3 Å². The van der Waals surface area contributed by atoms with Gasteiger partial charge in [-0.2, -0.15) is 52.7 Å². The summed E-state index contributed by atoms with van der Waals surface area (Å²) in [4.78, 5) is -2.16. The van der Waals surface area contributed by atoms with Gasteiger partial charge in [-0.05, 0) is 42.5 Å². The quantitative estimate of drug-likeness (QED) is 0.228. The van der Waals surface area contributed by atoms with Crippen molar-refractivity contribution in [3.63, 3.8) is 0 Å². The van der Waals surface area contributed by atoms with Gasteiger partial charge >= 0.3 is 64.4 Å². The van der Waals surface area contributed by atoms with Crippen molar-refractivity contribution in [2.24, 2.45) is 0 Å². The normalized spacial score (nSPS) is 14.6. The molecule has 0 unspecified atom stereocenters. The minimum atomic E-state index is -8.35. The molecule has 22 heteroatoms. The molecule has 220 valence electrons. The van der Waals surface area contributed by atoms with Crippen LogP contribution in [0, 0.1) is 0 Å². The summed E-state index contributed by atoms with van der Waals surface area (Å²) in [5.41, 5.74) is -2.67. The average molecular weight is 689 g/mol. The standard InChI is InChI=1S/C18H8Cl2F12O5S2.Na/c19-8-1-3-9(4-2-8)38(33,34)10-5-6-12(20)11(7-10)13(21,22)14(23,24)15(25,26)16(27,28)17(29,30)18(31,32)39(35,36)37;/h1-7H,(H,35,36,37);/q;+1/p-1. The van der Waals surface area contributed by atoms with Crippen LogP contribution in [0.4, 0.5) is 52.7 Å². The number of hydrogen-bond acceptors (Lipinski definition) is 5. The maximum atomic E-state index is 14.7. The zero-order valence-electron chi connectivity index (χ0n) is 18.7. The summed E-state index contributed by atoms with van der Waals surface area (Å²) in [6.07, 6.45) is 0. The van der Waals surface area contributed by atoms with E-state index in [2.05, 4.69) is 0 Å². The van der Waals surface area contributed by atoms with Crippen molar-refractivity contribution in [3.05, 3.63) is 58.1 Å². The molecule has 40 heavy (non-hydrogen) atoms. The van der Waals surface area contributed by atoms with Gasteiger partial charge in [0.1, 0.15) is 0 Å². The van der Waals surface area contributed by atoms with Crippen LogP contribution in [0.15, 0.2) is 52.3 Å². The Hall–Kier alpha value is -0.960. The summed E-state index contributed by atoms with van der Waals surface area (Å²) in [6.45, 7) is 0. The Morgan fingerprint density at radius 2 is 1.00 bits per heavy atom. The van der Waals surface area contributed by atoms with Gasteiger partial charge in [0, 0.05) is 10.6 Å². The van der Waals surface area contributed by atoms with Gasteiger partial charge in [0.05, 0.1) is 14.8 Å². The van der Waals surface area contributed by atoms with Crippen molar-refractivity contribution < 1.29 is 104 Å². The van der Waals surface area contributed by atoms with Crippen LogP contribution < -0.4 is 29.6 Å². The summed E-state index contributed by atoms with van der Waals surface area (Å²) in [6, 6.07) is 3.38. The van der Waals surface area contributed by atoms with E-state index in [9.17, 15) is 74.1 Å². The number of sulfone groups is 1. The molecular formula is C18H7Cl2F12NaO5S2. The van der Waals surface area contributed by atoms with Crippen molar-refractivity contribution in [3.8, 4) is 0 Å². The van der Waals surface area contributed by atoms with Crippen LogP contribution in [0.2, 0.25) is 10.0 Å². The molecule has 0 saturated carbocycles. The third-order valence-corrected chi connectivity index (χ3v) is 8.20. The van der Waals surface area contributed by atoms with E-state index in [-0.39, 0.29) is 40.6 Å². The number of hydrogen-bond donors (Lipinski definition) is 0. The van der Waals surface area contributed by atoms with E-state index in [4.69, 9.17) is 23.2 Å². The topological polar surface area (TPSA) is 91.3 Å². The first-order chi connectivity index (χ1) is 17.1. The van der Waals surface area contributed by atoms with Crippen molar-refractivity contribution in [2.75, 3.05) is 0 Å². The summed E-state index contributed by atoms with van der Waals surface area (Å²) in [7, 11) is -12.9. The molecule has 0 aliphatic carbocycles. The second-order valence-corrected chi connectivity index (χ2v) is 11.7. The van der Waals surface area contributed by atoms with Crippen LogP contribution in [0.3, 0.4) is 0 Å². The molecule has 0 saturated heterocycles. The summed E-state index contributed by atoms with van der Waals surface area (Å²) < 4.78 is 223. The average Bonchev–Trinajstić information content (AvgIpc) is 2.77. The van der Waals surface area contributed by atoms with Crippen LogP contribution in [-0.2, 0) is 25.9 Å². The molecule has 0 amide bonds. The van der Waals surface area contributed by atoms with E-state index < -0.39 is 81.3 Å². The van der Waals surface area contributed by atoms with Crippen LogP contribution in [0.1, 0.15) is 5.56 Å². The summed E-state index contributed by atoms with van der Waals surface area (Å²) >= 11 is 10.8. The SMILES string of the molecule is O=S(=O)(c1ccc(Cl)cc1)c1ccc(Cl)c(C(F)(F)C(F)(F)C(F)(F)C(F)(F)C(F)(F)C(F)(F)S(=O)(=O)[O-])c1.[Na+]. The number of rotatable bonds is 9. The second-order valence-electron chi connectivity index (χ2n) is 7.44. The zero-order valence-corrected chi connectivity index (χ0v) is 23.8. The monoisotopic (exact) mass is 688 g/mol. The Kier molecular flexibility index (Phi) is 10.1. The molecule has 0 bridgehead atoms. The van der Waals surface area contributed by atoms with Crippen molar-refractivity contribution in [1.82, 2.24) is 0 Å². The van der Waals surface area contributed by atoms with Crippen molar-refractivity contribution >= 4 is 43.2 Å². The first-order valence-corrected chi connectivity index (χ1v) is 12.8. The van der Waals surface area contributed by atoms with Crippen LogP contribution in [0.5, 0.6) is 0 Å². The smallest absolute Gasteiger partial charge is 0.743 e. The first-order valence-electron chi connectivity index (χ1n) is 9.15. The molecule has 0 aliphatic rings. The molecule has 0 N–H and O–H groups in total. The summed E-state index contributed by atoms with van der Waals surface area (Å²) in [5.74, 6) is -39.5. The Labute approximate surface area is 248 Å². The van der Waals surface area contributed by atoms with Gasteiger partial charge in [0.25, 0.3) is 0 Å². The van der Waals surface area contributed by atoms with Crippen molar-refractivity contribution in [1.29, 1.82) is 0 Å². The minimum Gasteiger partial charge on any atom is -0.743 e. The molecule has 0 radical (unpaired) electrons. The number of benzene rings is 2. The van der Waals surface area contributed by atoms with Crippen molar-refractivity contribution in [2.45, 2.75) is 44.7 Å². The molecule has 0 spiro atoms. The fraction of sp³-hybridized carbons (Fsp3) is 0.333. The molecular weight excluding hydrogens is 682 g/mol. The zero-order chi connectivity index (χ0) is 30.8. The molecule has 0 aromatic heterocycles. The largest absolute Gasteiger partial charge is 1.00 e. The van der Waals surface area contributed by atoms with Gasteiger partial charge in [-0.15, -0.1) is 0 Å².